The third-order valence-corrected chi connectivity index (χ3v) is 3.72. The summed E-state index contributed by atoms with van der Waals surface area (Å²) in [6, 6.07) is 13.6. The SMILES string of the molecule is O=C1C(=O)N(Cc2ccccc2)C(=O)N1CCOc1ccc(F)cc1. The Morgan fingerprint density at radius 2 is 1.48 bits per heavy atom. The first-order valence-corrected chi connectivity index (χ1v) is 7.66. The van der Waals surface area contributed by atoms with Crippen molar-refractivity contribution in [2.24, 2.45) is 0 Å². The van der Waals surface area contributed by atoms with Crippen LogP contribution in [0, 0.1) is 5.82 Å². The molecule has 1 saturated heterocycles. The van der Waals surface area contributed by atoms with Gasteiger partial charge in [0.05, 0.1) is 13.1 Å². The van der Waals surface area contributed by atoms with Gasteiger partial charge in [0.25, 0.3) is 0 Å². The van der Waals surface area contributed by atoms with Gasteiger partial charge in [0.1, 0.15) is 18.2 Å². The van der Waals surface area contributed by atoms with Gasteiger partial charge in [-0.1, -0.05) is 30.3 Å². The maximum atomic E-state index is 12.8. The number of hydrogen-bond donors (Lipinski definition) is 0. The molecule has 0 aromatic heterocycles. The molecule has 0 saturated carbocycles. The largest absolute Gasteiger partial charge is 0.492 e. The molecule has 0 bridgehead atoms. The van der Waals surface area contributed by atoms with Crippen LogP contribution in [-0.2, 0) is 16.1 Å². The minimum atomic E-state index is -0.872. The summed E-state index contributed by atoms with van der Waals surface area (Å²) < 4.78 is 18.2. The monoisotopic (exact) mass is 342 g/mol. The average molecular weight is 342 g/mol. The molecule has 4 amide bonds. The van der Waals surface area contributed by atoms with Crippen LogP contribution in [0.15, 0.2) is 54.6 Å². The fourth-order valence-electron chi connectivity index (χ4n) is 2.44. The maximum Gasteiger partial charge on any atom is 0.334 e. The lowest BCUT2D eigenvalue weighted by molar-refractivity contribution is -0.143. The van der Waals surface area contributed by atoms with E-state index in [1.165, 1.54) is 24.3 Å². The zero-order chi connectivity index (χ0) is 17.8. The standard InChI is InChI=1S/C18H15FN2O4/c19-14-6-8-15(9-7-14)25-11-10-20-16(22)17(23)21(18(20)24)12-13-4-2-1-3-5-13/h1-9H,10-12H2. The number of nitrogens with zero attached hydrogens (tertiary/aromatic N) is 2. The number of amides is 4. The number of carbonyl (C=O) groups excluding carboxylic acids is 3. The third-order valence-electron chi connectivity index (χ3n) is 3.72. The van der Waals surface area contributed by atoms with Gasteiger partial charge < -0.3 is 4.74 Å². The molecule has 1 fully saturated rings. The highest BCUT2D eigenvalue weighted by Crippen LogP contribution is 2.16. The van der Waals surface area contributed by atoms with Crippen LogP contribution >= 0.6 is 0 Å². The van der Waals surface area contributed by atoms with E-state index >= 15 is 0 Å². The molecule has 3 rings (SSSR count). The third kappa shape index (κ3) is 3.65. The van der Waals surface area contributed by atoms with Gasteiger partial charge in [0.15, 0.2) is 0 Å². The Bertz CT molecular complexity index is 792. The highest BCUT2D eigenvalue weighted by Gasteiger charge is 2.44. The lowest BCUT2D eigenvalue weighted by atomic mass is 10.2. The van der Waals surface area contributed by atoms with E-state index in [9.17, 15) is 18.8 Å². The molecule has 0 aliphatic carbocycles. The van der Waals surface area contributed by atoms with Crippen molar-refractivity contribution < 1.29 is 23.5 Å². The van der Waals surface area contributed by atoms with E-state index in [2.05, 4.69) is 0 Å². The van der Waals surface area contributed by atoms with Crippen LogP contribution in [-0.4, -0.2) is 40.8 Å². The van der Waals surface area contributed by atoms with E-state index < -0.39 is 17.8 Å². The fourth-order valence-corrected chi connectivity index (χ4v) is 2.44. The first-order chi connectivity index (χ1) is 12.1. The van der Waals surface area contributed by atoms with Crippen LogP contribution < -0.4 is 4.74 Å². The molecule has 0 spiro atoms. The Kier molecular flexibility index (Phi) is 4.74. The summed E-state index contributed by atoms with van der Waals surface area (Å²) in [6.07, 6.45) is 0. The predicted molar refractivity (Wildman–Crippen MR) is 86.0 cm³/mol. The molecule has 128 valence electrons. The highest BCUT2D eigenvalue weighted by atomic mass is 19.1. The van der Waals surface area contributed by atoms with Gasteiger partial charge in [-0.15, -0.1) is 0 Å². The molecule has 7 heteroatoms. The number of imide groups is 2. The van der Waals surface area contributed by atoms with E-state index in [-0.39, 0.29) is 25.5 Å². The Labute approximate surface area is 143 Å². The first kappa shape index (κ1) is 16.6. The van der Waals surface area contributed by atoms with Gasteiger partial charge in [0.2, 0.25) is 0 Å². The lowest BCUT2D eigenvalue weighted by Crippen LogP contribution is -2.35. The van der Waals surface area contributed by atoms with E-state index in [0.29, 0.717) is 5.75 Å². The molecular weight excluding hydrogens is 327 g/mol. The van der Waals surface area contributed by atoms with Gasteiger partial charge in [-0.05, 0) is 29.8 Å². The van der Waals surface area contributed by atoms with Crippen LogP contribution in [0.1, 0.15) is 5.56 Å². The molecule has 1 aliphatic heterocycles. The van der Waals surface area contributed by atoms with Crippen molar-refractivity contribution in [1.82, 2.24) is 9.80 Å². The van der Waals surface area contributed by atoms with Crippen LogP contribution in [0.25, 0.3) is 0 Å². The normalized spacial score (nSPS) is 14.4. The Morgan fingerprint density at radius 1 is 0.840 bits per heavy atom. The summed E-state index contributed by atoms with van der Waals surface area (Å²) in [7, 11) is 0. The summed E-state index contributed by atoms with van der Waals surface area (Å²) in [5, 5.41) is 0. The smallest absolute Gasteiger partial charge is 0.334 e. The fraction of sp³-hybridized carbons (Fsp3) is 0.167. The first-order valence-electron chi connectivity index (χ1n) is 7.66. The van der Waals surface area contributed by atoms with Crippen molar-refractivity contribution in [2.45, 2.75) is 6.54 Å². The number of carbonyl (C=O) groups is 3. The van der Waals surface area contributed by atoms with Crippen molar-refractivity contribution in [3.8, 4) is 5.75 Å². The molecule has 6 nitrogen and oxygen atoms in total. The number of ether oxygens (including phenoxy) is 1. The topological polar surface area (TPSA) is 66.9 Å². The Balaban J connectivity index is 1.60. The van der Waals surface area contributed by atoms with Crippen LogP contribution in [0.2, 0.25) is 0 Å². The average Bonchev–Trinajstić information content (AvgIpc) is 2.82. The van der Waals surface area contributed by atoms with Gasteiger partial charge in [-0.25, -0.2) is 9.18 Å². The number of halogens is 1. The van der Waals surface area contributed by atoms with E-state index in [0.717, 1.165) is 15.4 Å². The van der Waals surface area contributed by atoms with Gasteiger partial charge in [0, 0.05) is 0 Å². The molecule has 0 radical (unpaired) electrons. The molecule has 1 aliphatic rings. The molecule has 2 aromatic rings. The summed E-state index contributed by atoms with van der Waals surface area (Å²) in [4.78, 5) is 38.1. The minimum absolute atomic E-state index is 0.00949. The predicted octanol–water partition coefficient (Wildman–Crippen LogP) is 2.20. The van der Waals surface area contributed by atoms with Gasteiger partial charge >= 0.3 is 17.8 Å². The van der Waals surface area contributed by atoms with Gasteiger partial charge in [-0.2, -0.15) is 0 Å². The van der Waals surface area contributed by atoms with Crippen LogP contribution in [0.5, 0.6) is 5.75 Å². The maximum absolute atomic E-state index is 12.8. The van der Waals surface area contributed by atoms with Crippen LogP contribution in [0.4, 0.5) is 9.18 Å². The van der Waals surface area contributed by atoms with E-state index in [1.54, 1.807) is 24.3 Å². The number of benzene rings is 2. The number of urea groups is 1. The zero-order valence-corrected chi connectivity index (χ0v) is 13.2. The second-order valence-electron chi connectivity index (χ2n) is 5.42. The molecular formula is C18H15FN2O4. The lowest BCUT2D eigenvalue weighted by Gasteiger charge is -2.16. The molecule has 0 atom stereocenters. The summed E-state index contributed by atoms with van der Waals surface area (Å²) in [6.45, 7) is -0.0127. The summed E-state index contributed by atoms with van der Waals surface area (Å²) in [5.74, 6) is -1.70. The molecule has 1 heterocycles. The summed E-state index contributed by atoms with van der Waals surface area (Å²) in [5.41, 5.74) is 0.751. The van der Waals surface area contributed by atoms with E-state index in [4.69, 9.17) is 4.74 Å². The Hall–Kier alpha value is -3.22. The molecule has 0 N–H and O–H groups in total. The van der Waals surface area contributed by atoms with Crippen molar-refractivity contribution >= 4 is 17.8 Å². The van der Waals surface area contributed by atoms with Crippen molar-refractivity contribution in [3.05, 3.63) is 66.0 Å². The Morgan fingerprint density at radius 3 is 2.16 bits per heavy atom. The second kappa shape index (κ2) is 7.12. The second-order valence-corrected chi connectivity index (χ2v) is 5.42. The molecule has 0 unspecified atom stereocenters. The van der Waals surface area contributed by atoms with Crippen molar-refractivity contribution in [3.63, 3.8) is 0 Å². The molecule has 2 aromatic carbocycles. The van der Waals surface area contributed by atoms with Gasteiger partial charge in [-0.3, -0.25) is 19.4 Å². The van der Waals surface area contributed by atoms with E-state index in [1.807, 2.05) is 6.07 Å². The van der Waals surface area contributed by atoms with Crippen molar-refractivity contribution in [1.29, 1.82) is 0 Å². The summed E-state index contributed by atoms with van der Waals surface area (Å²) >= 11 is 0. The highest BCUT2D eigenvalue weighted by molar-refractivity contribution is 6.44. The number of rotatable bonds is 6. The minimum Gasteiger partial charge on any atom is -0.492 e. The number of hydrogen-bond acceptors (Lipinski definition) is 4. The quantitative estimate of drug-likeness (QED) is 0.596. The van der Waals surface area contributed by atoms with Crippen molar-refractivity contribution in [2.75, 3.05) is 13.2 Å². The van der Waals surface area contributed by atoms with Crippen LogP contribution in [0.3, 0.4) is 0 Å². The zero-order valence-electron chi connectivity index (χ0n) is 13.2. The molecule has 25 heavy (non-hydrogen) atoms.